The number of nitrogens with zero attached hydrogens (tertiary/aromatic N) is 1. The summed E-state index contributed by atoms with van der Waals surface area (Å²) in [6, 6.07) is 9.05. The van der Waals surface area contributed by atoms with Crippen LogP contribution in [-0.2, 0) is 9.53 Å². The Hall–Kier alpha value is -2.08. The third kappa shape index (κ3) is 5.46. The van der Waals surface area contributed by atoms with E-state index in [0.717, 1.165) is 31.4 Å². The van der Waals surface area contributed by atoms with Crippen molar-refractivity contribution in [3.63, 3.8) is 0 Å². The molecule has 3 amide bonds. The van der Waals surface area contributed by atoms with Gasteiger partial charge in [0, 0.05) is 26.2 Å². The first-order valence-corrected chi connectivity index (χ1v) is 8.95. The lowest BCUT2D eigenvalue weighted by atomic mass is 10.0. The molecule has 138 valence electrons. The molecule has 0 unspecified atom stereocenters. The van der Waals surface area contributed by atoms with Crippen LogP contribution in [0.1, 0.15) is 44.8 Å². The smallest absolute Gasteiger partial charge is 0.315 e. The zero-order valence-corrected chi connectivity index (χ0v) is 15.3. The van der Waals surface area contributed by atoms with Crippen molar-refractivity contribution >= 4 is 11.9 Å². The predicted molar refractivity (Wildman–Crippen MR) is 97.2 cm³/mol. The van der Waals surface area contributed by atoms with Crippen LogP contribution in [0.15, 0.2) is 30.3 Å². The number of carbonyl (C=O) groups is 2. The highest BCUT2D eigenvalue weighted by atomic mass is 16.5. The molecular weight excluding hydrogens is 318 g/mol. The Labute approximate surface area is 149 Å². The number of methoxy groups -OCH3 is 1. The van der Waals surface area contributed by atoms with E-state index < -0.39 is 6.04 Å². The average molecular weight is 347 g/mol. The molecule has 2 N–H and O–H groups in total. The first-order chi connectivity index (χ1) is 12.0. The van der Waals surface area contributed by atoms with Crippen molar-refractivity contribution in [1.29, 1.82) is 0 Å². The second-order valence-corrected chi connectivity index (χ2v) is 6.59. The minimum Gasteiger partial charge on any atom is -0.375 e. The van der Waals surface area contributed by atoms with E-state index in [9.17, 15) is 9.59 Å². The highest BCUT2D eigenvalue weighted by Gasteiger charge is 2.27. The van der Waals surface area contributed by atoms with Crippen LogP contribution < -0.4 is 10.6 Å². The first kappa shape index (κ1) is 19.2. The van der Waals surface area contributed by atoms with Gasteiger partial charge >= 0.3 is 6.03 Å². The standard InChI is InChI=1S/C19H29N3O3/c1-14-9-7-8-12-22(14)18(23)15(2)21-19(24)20-13-17(25-3)16-10-5-4-6-11-16/h4-6,10-11,14-15,17H,7-9,12-13H2,1-3H3,(H2,20,21,24)/t14-,15+,17+/m0/s1. The summed E-state index contributed by atoms with van der Waals surface area (Å²) in [7, 11) is 1.61. The molecule has 3 atom stereocenters. The van der Waals surface area contributed by atoms with Gasteiger partial charge in [-0.25, -0.2) is 4.79 Å². The van der Waals surface area contributed by atoms with Crippen molar-refractivity contribution in [2.24, 2.45) is 0 Å². The Morgan fingerprint density at radius 2 is 2.00 bits per heavy atom. The van der Waals surface area contributed by atoms with Crippen LogP contribution in [-0.4, -0.2) is 49.1 Å². The monoisotopic (exact) mass is 347 g/mol. The van der Waals surface area contributed by atoms with Gasteiger partial charge in [-0.2, -0.15) is 0 Å². The maximum absolute atomic E-state index is 12.5. The van der Waals surface area contributed by atoms with Gasteiger partial charge in [0.1, 0.15) is 6.04 Å². The molecule has 1 heterocycles. The molecule has 0 aromatic heterocycles. The maximum Gasteiger partial charge on any atom is 0.315 e. The largest absolute Gasteiger partial charge is 0.375 e. The third-order valence-corrected chi connectivity index (χ3v) is 4.71. The zero-order valence-electron chi connectivity index (χ0n) is 15.3. The fraction of sp³-hybridized carbons (Fsp3) is 0.579. The van der Waals surface area contributed by atoms with Gasteiger partial charge in [0.05, 0.1) is 6.10 Å². The number of piperidine rings is 1. The molecule has 6 nitrogen and oxygen atoms in total. The topological polar surface area (TPSA) is 70.7 Å². The number of likely N-dealkylation sites (tertiary alicyclic amines) is 1. The van der Waals surface area contributed by atoms with E-state index >= 15 is 0 Å². The number of hydrogen-bond donors (Lipinski definition) is 2. The van der Waals surface area contributed by atoms with Gasteiger partial charge < -0.3 is 20.3 Å². The molecule has 0 bridgehead atoms. The van der Waals surface area contributed by atoms with Crippen molar-refractivity contribution in [3.05, 3.63) is 35.9 Å². The molecule has 1 aromatic carbocycles. The van der Waals surface area contributed by atoms with Crippen molar-refractivity contribution in [2.45, 2.75) is 51.3 Å². The van der Waals surface area contributed by atoms with Gasteiger partial charge in [0.2, 0.25) is 5.91 Å². The summed E-state index contributed by atoms with van der Waals surface area (Å²) in [6.07, 6.45) is 2.99. The van der Waals surface area contributed by atoms with Crippen LogP contribution in [0, 0.1) is 0 Å². The Morgan fingerprint density at radius 1 is 1.28 bits per heavy atom. The minimum absolute atomic E-state index is 0.0197. The molecule has 1 aliphatic rings. The van der Waals surface area contributed by atoms with E-state index in [4.69, 9.17) is 4.74 Å². The van der Waals surface area contributed by atoms with E-state index in [2.05, 4.69) is 17.6 Å². The van der Waals surface area contributed by atoms with Crippen molar-refractivity contribution in [3.8, 4) is 0 Å². The molecule has 0 saturated carbocycles. The van der Waals surface area contributed by atoms with Crippen LogP contribution in [0.3, 0.4) is 0 Å². The lowest BCUT2D eigenvalue weighted by Gasteiger charge is -2.35. The summed E-state index contributed by atoms with van der Waals surface area (Å²) in [5.41, 5.74) is 0.997. The Kier molecular flexibility index (Phi) is 7.25. The maximum atomic E-state index is 12.5. The van der Waals surface area contributed by atoms with Gasteiger partial charge in [-0.15, -0.1) is 0 Å². The first-order valence-electron chi connectivity index (χ1n) is 8.95. The number of rotatable bonds is 6. The molecular formula is C19H29N3O3. The quantitative estimate of drug-likeness (QED) is 0.830. The lowest BCUT2D eigenvalue weighted by Crippen LogP contribution is -2.53. The zero-order chi connectivity index (χ0) is 18.2. The molecule has 1 aromatic rings. The highest BCUT2D eigenvalue weighted by Crippen LogP contribution is 2.17. The van der Waals surface area contributed by atoms with E-state index in [1.165, 1.54) is 0 Å². The summed E-state index contributed by atoms with van der Waals surface area (Å²) in [4.78, 5) is 26.5. The normalized spacial score (nSPS) is 19.8. The second kappa shape index (κ2) is 9.42. The number of carbonyl (C=O) groups excluding carboxylic acids is 2. The van der Waals surface area contributed by atoms with Gasteiger partial charge in [0.25, 0.3) is 0 Å². The average Bonchev–Trinajstić information content (AvgIpc) is 2.63. The van der Waals surface area contributed by atoms with Crippen LogP contribution in [0.4, 0.5) is 4.79 Å². The second-order valence-electron chi connectivity index (χ2n) is 6.59. The summed E-state index contributed by atoms with van der Waals surface area (Å²) in [6.45, 7) is 4.90. The van der Waals surface area contributed by atoms with Crippen LogP contribution in [0.25, 0.3) is 0 Å². The fourth-order valence-electron chi connectivity index (χ4n) is 3.17. The van der Waals surface area contributed by atoms with E-state index in [-0.39, 0.29) is 24.1 Å². The number of amides is 3. The Bertz CT molecular complexity index is 564. The van der Waals surface area contributed by atoms with Crippen molar-refractivity contribution in [2.75, 3.05) is 20.2 Å². The summed E-state index contributed by atoms with van der Waals surface area (Å²) in [5.74, 6) is -0.0197. The molecule has 6 heteroatoms. The molecule has 0 spiro atoms. The van der Waals surface area contributed by atoms with Crippen molar-refractivity contribution in [1.82, 2.24) is 15.5 Å². The number of benzene rings is 1. The number of urea groups is 1. The summed E-state index contributed by atoms with van der Waals surface area (Å²) in [5, 5.41) is 5.52. The molecule has 2 rings (SSSR count). The number of hydrogen-bond acceptors (Lipinski definition) is 3. The van der Waals surface area contributed by atoms with Gasteiger partial charge in [-0.3, -0.25) is 4.79 Å². The lowest BCUT2D eigenvalue weighted by molar-refractivity contribution is -0.136. The van der Waals surface area contributed by atoms with Crippen LogP contribution >= 0.6 is 0 Å². The molecule has 25 heavy (non-hydrogen) atoms. The molecule has 1 aliphatic heterocycles. The van der Waals surface area contributed by atoms with E-state index in [0.29, 0.717) is 6.54 Å². The molecule has 1 saturated heterocycles. The Balaban J connectivity index is 1.81. The third-order valence-electron chi connectivity index (χ3n) is 4.71. The van der Waals surface area contributed by atoms with E-state index in [1.54, 1.807) is 14.0 Å². The highest BCUT2D eigenvalue weighted by molar-refractivity contribution is 5.87. The fourth-order valence-corrected chi connectivity index (χ4v) is 3.17. The Morgan fingerprint density at radius 3 is 2.64 bits per heavy atom. The van der Waals surface area contributed by atoms with Crippen LogP contribution in [0.2, 0.25) is 0 Å². The number of ether oxygens (including phenoxy) is 1. The minimum atomic E-state index is -0.543. The summed E-state index contributed by atoms with van der Waals surface area (Å²) < 4.78 is 5.43. The SMILES string of the molecule is CO[C@H](CNC(=O)N[C@H](C)C(=O)N1CCCC[C@@H]1C)c1ccccc1. The molecule has 1 fully saturated rings. The van der Waals surface area contributed by atoms with Gasteiger partial charge in [-0.1, -0.05) is 30.3 Å². The van der Waals surface area contributed by atoms with Crippen molar-refractivity contribution < 1.29 is 14.3 Å². The molecule has 0 aliphatic carbocycles. The van der Waals surface area contributed by atoms with Crippen LogP contribution in [0.5, 0.6) is 0 Å². The summed E-state index contributed by atoms with van der Waals surface area (Å²) >= 11 is 0. The van der Waals surface area contributed by atoms with E-state index in [1.807, 2.05) is 35.2 Å². The van der Waals surface area contributed by atoms with Gasteiger partial charge in [0.15, 0.2) is 0 Å². The predicted octanol–water partition coefficient (Wildman–Crippen LogP) is 2.46. The molecule has 0 radical (unpaired) electrons. The number of nitrogens with one attached hydrogen (secondary N) is 2. The van der Waals surface area contributed by atoms with Gasteiger partial charge in [-0.05, 0) is 38.7 Å².